The van der Waals surface area contributed by atoms with E-state index in [2.05, 4.69) is 20.9 Å². The van der Waals surface area contributed by atoms with Crippen molar-refractivity contribution in [1.29, 1.82) is 0 Å². The highest BCUT2D eigenvalue weighted by Crippen LogP contribution is 2.30. The van der Waals surface area contributed by atoms with E-state index in [1.54, 1.807) is 6.07 Å². The number of halogens is 3. The summed E-state index contributed by atoms with van der Waals surface area (Å²) in [5.41, 5.74) is 3.31. The molecular formula is C16H13BrClFN2. The predicted octanol–water partition coefficient (Wildman–Crippen LogP) is 5.02. The Labute approximate surface area is 135 Å². The number of nitrogens with zero attached hydrogens (tertiary/aromatic N) is 2. The molecule has 0 amide bonds. The largest absolute Gasteiger partial charge is 0.292 e. The van der Waals surface area contributed by atoms with Gasteiger partial charge in [0, 0.05) is 16.8 Å². The van der Waals surface area contributed by atoms with E-state index in [0.717, 1.165) is 22.4 Å². The summed E-state index contributed by atoms with van der Waals surface area (Å²) in [6, 6.07) is 10.9. The molecule has 0 spiro atoms. The second-order valence-electron chi connectivity index (χ2n) is 4.82. The van der Waals surface area contributed by atoms with E-state index in [0.29, 0.717) is 22.5 Å². The first kappa shape index (κ1) is 14.5. The molecule has 5 heteroatoms. The predicted molar refractivity (Wildman–Crippen MR) is 87.9 cm³/mol. The second kappa shape index (κ2) is 5.78. The van der Waals surface area contributed by atoms with Crippen molar-refractivity contribution in [2.75, 3.05) is 5.88 Å². The zero-order valence-corrected chi connectivity index (χ0v) is 13.7. The zero-order valence-electron chi connectivity index (χ0n) is 11.4. The Morgan fingerprint density at radius 3 is 2.71 bits per heavy atom. The topological polar surface area (TPSA) is 17.8 Å². The van der Waals surface area contributed by atoms with Crippen LogP contribution in [0.1, 0.15) is 11.4 Å². The van der Waals surface area contributed by atoms with Gasteiger partial charge in [-0.05, 0) is 46.6 Å². The Bertz CT molecular complexity index is 793. The van der Waals surface area contributed by atoms with Crippen molar-refractivity contribution in [3.05, 3.63) is 58.1 Å². The standard InChI is InChI=1S/C16H13BrClFN2/c1-10-4-2-7-13-15(10)20-14(8-9-18)21(13)16-11(17)5-3-6-12(16)19/h2-7H,8-9H2,1H3. The number of aromatic nitrogens is 2. The lowest BCUT2D eigenvalue weighted by atomic mass is 10.2. The van der Waals surface area contributed by atoms with Crippen molar-refractivity contribution < 1.29 is 4.39 Å². The van der Waals surface area contributed by atoms with Gasteiger partial charge in [-0.25, -0.2) is 9.37 Å². The average molecular weight is 368 g/mol. The lowest BCUT2D eigenvalue weighted by molar-refractivity contribution is 0.616. The molecule has 0 saturated carbocycles. The molecule has 21 heavy (non-hydrogen) atoms. The Morgan fingerprint density at radius 1 is 1.24 bits per heavy atom. The molecule has 2 nitrogen and oxygen atoms in total. The van der Waals surface area contributed by atoms with E-state index in [9.17, 15) is 4.39 Å². The smallest absolute Gasteiger partial charge is 0.148 e. The minimum absolute atomic E-state index is 0.291. The molecule has 2 aromatic carbocycles. The minimum atomic E-state index is -0.291. The number of imidazole rings is 1. The highest BCUT2D eigenvalue weighted by atomic mass is 79.9. The molecule has 1 aromatic heterocycles. The van der Waals surface area contributed by atoms with Crippen LogP contribution in [0, 0.1) is 12.7 Å². The van der Waals surface area contributed by atoms with Gasteiger partial charge < -0.3 is 0 Å². The minimum Gasteiger partial charge on any atom is -0.292 e. The van der Waals surface area contributed by atoms with Crippen molar-refractivity contribution in [3.8, 4) is 5.69 Å². The number of para-hydroxylation sites is 2. The summed E-state index contributed by atoms with van der Waals surface area (Å²) in [7, 11) is 0. The van der Waals surface area contributed by atoms with Gasteiger partial charge in [0.1, 0.15) is 11.6 Å². The number of alkyl halides is 1. The molecule has 0 aliphatic carbocycles. The highest BCUT2D eigenvalue weighted by Gasteiger charge is 2.18. The SMILES string of the molecule is Cc1cccc2c1nc(CCCl)n2-c1c(F)cccc1Br. The maximum Gasteiger partial charge on any atom is 0.148 e. The number of hydrogen-bond donors (Lipinski definition) is 0. The molecule has 0 unspecified atom stereocenters. The van der Waals surface area contributed by atoms with Gasteiger partial charge in [-0.15, -0.1) is 11.6 Å². The third-order valence-electron chi connectivity index (χ3n) is 3.44. The van der Waals surface area contributed by atoms with Crippen LogP contribution in [0.4, 0.5) is 4.39 Å². The summed E-state index contributed by atoms with van der Waals surface area (Å²) < 4.78 is 16.9. The third kappa shape index (κ3) is 2.47. The van der Waals surface area contributed by atoms with Crippen molar-refractivity contribution in [3.63, 3.8) is 0 Å². The van der Waals surface area contributed by atoms with Crippen LogP contribution < -0.4 is 0 Å². The number of hydrogen-bond acceptors (Lipinski definition) is 1. The molecule has 0 fully saturated rings. The summed E-state index contributed by atoms with van der Waals surface area (Å²) in [6.07, 6.45) is 0.580. The maximum atomic E-state index is 14.4. The quantitative estimate of drug-likeness (QED) is 0.595. The van der Waals surface area contributed by atoms with E-state index in [1.807, 2.05) is 35.8 Å². The Kier molecular flexibility index (Phi) is 4.00. The molecule has 0 N–H and O–H groups in total. The molecule has 1 heterocycles. The number of fused-ring (bicyclic) bond motifs is 1. The van der Waals surface area contributed by atoms with Gasteiger partial charge in [0.25, 0.3) is 0 Å². The zero-order chi connectivity index (χ0) is 15.0. The summed E-state index contributed by atoms with van der Waals surface area (Å²) in [6.45, 7) is 2.00. The van der Waals surface area contributed by atoms with Crippen molar-refractivity contribution in [2.45, 2.75) is 13.3 Å². The van der Waals surface area contributed by atoms with Crippen LogP contribution in [0.15, 0.2) is 40.9 Å². The molecule has 0 bridgehead atoms. The van der Waals surface area contributed by atoms with Gasteiger partial charge in [0.2, 0.25) is 0 Å². The van der Waals surface area contributed by atoms with Crippen molar-refractivity contribution in [1.82, 2.24) is 9.55 Å². The van der Waals surface area contributed by atoms with E-state index in [-0.39, 0.29) is 5.82 Å². The van der Waals surface area contributed by atoms with Gasteiger partial charge in [-0.1, -0.05) is 18.2 Å². The van der Waals surface area contributed by atoms with Crippen LogP contribution >= 0.6 is 27.5 Å². The summed E-state index contributed by atoms with van der Waals surface area (Å²) in [5, 5.41) is 0. The van der Waals surface area contributed by atoms with Crippen LogP contribution in [0.25, 0.3) is 16.7 Å². The molecule has 0 aliphatic heterocycles. The number of aryl methyl sites for hydroxylation is 2. The molecule has 0 atom stereocenters. The first-order chi connectivity index (χ1) is 10.1. The van der Waals surface area contributed by atoms with Gasteiger partial charge in [-0.3, -0.25) is 4.57 Å². The van der Waals surface area contributed by atoms with Crippen LogP contribution in [-0.2, 0) is 6.42 Å². The molecule has 108 valence electrons. The first-order valence-corrected chi connectivity index (χ1v) is 7.93. The van der Waals surface area contributed by atoms with E-state index in [4.69, 9.17) is 11.6 Å². The van der Waals surface area contributed by atoms with E-state index in [1.165, 1.54) is 6.07 Å². The van der Waals surface area contributed by atoms with Gasteiger partial charge in [-0.2, -0.15) is 0 Å². The Morgan fingerprint density at radius 2 is 2.00 bits per heavy atom. The molecule has 0 radical (unpaired) electrons. The second-order valence-corrected chi connectivity index (χ2v) is 6.05. The fourth-order valence-corrected chi connectivity index (χ4v) is 3.18. The summed E-state index contributed by atoms with van der Waals surface area (Å²) >= 11 is 9.32. The van der Waals surface area contributed by atoms with Crippen LogP contribution in [0.3, 0.4) is 0 Å². The first-order valence-electron chi connectivity index (χ1n) is 6.60. The summed E-state index contributed by atoms with van der Waals surface area (Å²) in [5.74, 6) is 0.912. The highest BCUT2D eigenvalue weighted by molar-refractivity contribution is 9.10. The number of rotatable bonds is 3. The van der Waals surface area contributed by atoms with Crippen LogP contribution in [0.2, 0.25) is 0 Å². The lowest BCUT2D eigenvalue weighted by Crippen LogP contribution is -2.05. The van der Waals surface area contributed by atoms with Gasteiger partial charge in [0.15, 0.2) is 0 Å². The molecule has 3 aromatic rings. The maximum absolute atomic E-state index is 14.4. The average Bonchev–Trinajstić information content (AvgIpc) is 2.80. The fraction of sp³-hybridized carbons (Fsp3) is 0.188. The fourth-order valence-electron chi connectivity index (χ4n) is 2.49. The van der Waals surface area contributed by atoms with Crippen molar-refractivity contribution >= 4 is 38.6 Å². The molecule has 0 saturated heterocycles. The summed E-state index contributed by atoms with van der Waals surface area (Å²) in [4.78, 5) is 4.65. The van der Waals surface area contributed by atoms with Crippen LogP contribution in [0.5, 0.6) is 0 Å². The van der Waals surface area contributed by atoms with Crippen LogP contribution in [-0.4, -0.2) is 15.4 Å². The Balaban J connectivity index is 2.40. The third-order valence-corrected chi connectivity index (χ3v) is 4.26. The number of benzene rings is 2. The van der Waals surface area contributed by atoms with Crippen molar-refractivity contribution in [2.24, 2.45) is 0 Å². The lowest BCUT2D eigenvalue weighted by Gasteiger charge is -2.12. The normalized spacial score (nSPS) is 11.2. The molecule has 0 aliphatic rings. The monoisotopic (exact) mass is 366 g/mol. The molecule has 3 rings (SSSR count). The van der Waals surface area contributed by atoms with E-state index < -0.39 is 0 Å². The van der Waals surface area contributed by atoms with E-state index >= 15 is 0 Å². The molecular weight excluding hydrogens is 355 g/mol. The Hall–Kier alpha value is -1.39. The van der Waals surface area contributed by atoms with Gasteiger partial charge >= 0.3 is 0 Å². The van der Waals surface area contributed by atoms with Gasteiger partial charge in [0.05, 0.1) is 16.7 Å².